The number of aromatic nitrogens is 4. The zero-order valence-corrected chi connectivity index (χ0v) is 18.2. The molecule has 0 aliphatic carbocycles. The summed E-state index contributed by atoms with van der Waals surface area (Å²) >= 11 is 1.45. The van der Waals surface area contributed by atoms with Gasteiger partial charge in [-0.05, 0) is 24.1 Å². The fourth-order valence-corrected chi connectivity index (χ4v) is 4.67. The van der Waals surface area contributed by atoms with Gasteiger partial charge in [0.25, 0.3) is 11.5 Å². The highest BCUT2D eigenvalue weighted by molar-refractivity contribution is 7.17. The van der Waals surface area contributed by atoms with Gasteiger partial charge in [0, 0.05) is 23.7 Å². The number of carbonyl (C=O) groups is 1. The second-order valence-corrected chi connectivity index (χ2v) is 8.66. The number of amides is 1. The van der Waals surface area contributed by atoms with Gasteiger partial charge in [-0.1, -0.05) is 49.4 Å². The molecule has 5 aromatic rings. The van der Waals surface area contributed by atoms with Gasteiger partial charge in [-0.2, -0.15) is 0 Å². The van der Waals surface area contributed by atoms with E-state index in [1.165, 1.54) is 21.9 Å². The van der Waals surface area contributed by atoms with Gasteiger partial charge in [0.2, 0.25) is 0 Å². The fourth-order valence-electron chi connectivity index (χ4n) is 3.70. The number of H-pyrrole nitrogens is 1. The minimum absolute atomic E-state index is 0.0149. The molecule has 8 heteroatoms. The van der Waals surface area contributed by atoms with E-state index < -0.39 is 5.91 Å². The number of aromatic amines is 1. The lowest BCUT2D eigenvalue weighted by molar-refractivity contribution is 0.0932. The van der Waals surface area contributed by atoms with Crippen LogP contribution >= 0.6 is 11.3 Å². The first-order valence-corrected chi connectivity index (χ1v) is 11.2. The van der Waals surface area contributed by atoms with Gasteiger partial charge in [-0.15, -0.1) is 11.3 Å². The molecular formula is C24H21N5O2S. The van der Waals surface area contributed by atoms with Gasteiger partial charge in [-0.25, -0.2) is 9.97 Å². The second-order valence-electron chi connectivity index (χ2n) is 7.56. The van der Waals surface area contributed by atoms with Crippen molar-refractivity contribution in [1.82, 2.24) is 24.7 Å². The highest BCUT2D eigenvalue weighted by atomic mass is 32.1. The highest BCUT2D eigenvalue weighted by Gasteiger charge is 2.21. The Hall–Kier alpha value is -3.78. The van der Waals surface area contributed by atoms with E-state index >= 15 is 0 Å². The quantitative estimate of drug-likeness (QED) is 0.413. The number of carbonyl (C=O) groups excluding carboxylic acids is 1. The molecule has 0 saturated heterocycles. The summed E-state index contributed by atoms with van der Waals surface area (Å²) in [6.07, 6.45) is 4.47. The minimum Gasteiger partial charge on any atom is -0.342 e. The molecule has 0 aliphatic rings. The monoisotopic (exact) mass is 443 g/mol. The lowest BCUT2D eigenvalue weighted by atomic mass is 10.1. The summed E-state index contributed by atoms with van der Waals surface area (Å²) in [6.45, 7) is 1.96. The maximum absolute atomic E-state index is 13.0. The number of imidazole rings is 1. The predicted molar refractivity (Wildman–Crippen MR) is 125 cm³/mol. The smallest absolute Gasteiger partial charge is 0.271 e. The van der Waals surface area contributed by atoms with Crippen LogP contribution in [0.4, 0.5) is 0 Å². The molecule has 0 bridgehead atoms. The lowest BCUT2D eigenvalue weighted by Gasteiger charge is -2.14. The van der Waals surface area contributed by atoms with Crippen LogP contribution < -0.4 is 10.9 Å². The van der Waals surface area contributed by atoms with Crippen LogP contribution in [0.2, 0.25) is 0 Å². The number of hydrogen-bond acceptors (Lipinski definition) is 5. The number of nitrogens with one attached hydrogen (secondary N) is 2. The standard InChI is InChI=1S/C24H21N5O2S/c1-2-18(21-26-19-10-6-7-11-20(19)27-21)28-22(30)17-13-25-24-29(23(17)31)14-16(32-24)12-15-8-4-3-5-9-15/h3-11,13-14,18H,2,12H2,1H3,(H,26,27)(H,28,30). The molecule has 2 N–H and O–H groups in total. The third-order valence-electron chi connectivity index (χ3n) is 5.37. The molecule has 7 nitrogen and oxygen atoms in total. The summed E-state index contributed by atoms with van der Waals surface area (Å²) in [5.74, 6) is 0.205. The van der Waals surface area contributed by atoms with Crippen LogP contribution in [0.25, 0.3) is 16.0 Å². The molecule has 0 radical (unpaired) electrons. The van der Waals surface area contributed by atoms with Crippen LogP contribution in [0, 0.1) is 0 Å². The van der Waals surface area contributed by atoms with Crippen LogP contribution in [-0.4, -0.2) is 25.3 Å². The maximum Gasteiger partial charge on any atom is 0.271 e. The van der Waals surface area contributed by atoms with Gasteiger partial charge < -0.3 is 10.3 Å². The average molecular weight is 444 g/mol. The summed E-state index contributed by atoms with van der Waals surface area (Å²) in [7, 11) is 0. The van der Waals surface area contributed by atoms with Crippen molar-refractivity contribution >= 4 is 33.2 Å². The van der Waals surface area contributed by atoms with E-state index in [4.69, 9.17) is 0 Å². The first-order valence-electron chi connectivity index (χ1n) is 10.4. The molecule has 1 atom stereocenters. The van der Waals surface area contributed by atoms with E-state index in [1.54, 1.807) is 6.20 Å². The zero-order chi connectivity index (χ0) is 22.1. The van der Waals surface area contributed by atoms with E-state index in [2.05, 4.69) is 20.3 Å². The van der Waals surface area contributed by atoms with Crippen LogP contribution in [-0.2, 0) is 6.42 Å². The van der Waals surface area contributed by atoms with Gasteiger partial charge >= 0.3 is 0 Å². The Morgan fingerprint density at radius 1 is 1.16 bits per heavy atom. The predicted octanol–water partition coefficient (Wildman–Crippen LogP) is 4.10. The molecule has 0 spiro atoms. The Morgan fingerprint density at radius 3 is 2.72 bits per heavy atom. The SMILES string of the molecule is CCC(NC(=O)c1cnc2sc(Cc3ccccc3)cn2c1=O)c1nc2ccccc2[nH]1. The summed E-state index contributed by atoms with van der Waals surface area (Å²) in [5, 5.41) is 2.93. The molecule has 32 heavy (non-hydrogen) atoms. The van der Waals surface area contributed by atoms with Crippen LogP contribution in [0.1, 0.15) is 46.0 Å². The molecule has 1 unspecified atom stereocenters. The number of nitrogens with zero attached hydrogens (tertiary/aromatic N) is 3. The zero-order valence-electron chi connectivity index (χ0n) is 17.4. The molecule has 3 aromatic heterocycles. The maximum atomic E-state index is 13.0. The molecule has 2 aromatic carbocycles. The lowest BCUT2D eigenvalue weighted by Crippen LogP contribution is -2.34. The van der Waals surface area contributed by atoms with Crippen molar-refractivity contribution in [3.63, 3.8) is 0 Å². The number of benzene rings is 2. The molecule has 3 heterocycles. The summed E-state index contributed by atoms with van der Waals surface area (Å²) in [6, 6.07) is 17.4. The average Bonchev–Trinajstić information content (AvgIpc) is 3.42. The Labute approximate surface area is 187 Å². The van der Waals surface area contributed by atoms with Gasteiger partial charge in [0.15, 0.2) is 4.96 Å². The minimum atomic E-state index is -0.458. The normalized spacial score (nSPS) is 12.3. The van der Waals surface area contributed by atoms with Gasteiger partial charge in [0.1, 0.15) is 11.4 Å². The summed E-state index contributed by atoms with van der Waals surface area (Å²) in [4.78, 5) is 39.8. The van der Waals surface area contributed by atoms with Crippen molar-refractivity contribution in [2.24, 2.45) is 0 Å². The first-order chi connectivity index (χ1) is 15.6. The third kappa shape index (κ3) is 3.80. The molecule has 1 amide bonds. The third-order valence-corrected chi connectivity index (χ3v) is 6.37. The molecular weight excluding hydrogens is 422 g/mol. The topological polar surface area (TPSA) is 92.2 Å². The van der Waals surface area contributed by atoms with Crippen molar-refractivity contribution in [2.45, 2.75) is 25.8 Å². The Bertz CT molecular complexity index is 1440. The van der Waals surface area contributed by atoms with E-state index in [1.807, 2.05) is 61.5 Å². The Kier molecular flexibility index (Phi) is 5.28. The van der Waals surface area contributed by atoms with Gasteiger partial charge in [-0.3, -0.25) is 14.0 Å². The van der Waals surface area contributed by atoms with Crippen molar-refractivity contribution in [3.8, 4) is 0 Å². The number of rotatable bonds is 6. The number of hydrogen-bond donors (Lipinski definition) is 2. The van der Waals surface area contributed by atoms with Gasteiger partial charge in [0.05, 0.1) is 17.1 Å². The molecule has 160 valence electrons. The van der Waals surface area contributed by atoms with E-state index in [-0.39, 0.29) is 17.2 Å². The Morgan fingerprint density at radius 2 is 1.94 bits per heavy atom. The largest absolute Gasteiger partial charge is 0.342 e. The second kappa shape index (κ2) is 8.39. The van der Waals surface area contributed by atoms with E-state index in [0.29, 0.717) is 23.6 Å². The number of fused-ring (bicyclic) bond motifs is 2. The van der Waals surface area contributed by atoms with Crippen molar-refractivity contribution < 1.29 is 4.79 Å². The molecule has 5 rings (SSSR count). The van der Waals surface area contributed by atoms with Crippen molar-refractivity contribution in [1.29, 1.82) is 0 Å². The fraction of sp³-hybridized carbons (Fsp3) is 0.167. The van der Waals surface area contributed by atoms with Crippen LogP contribution in [0.5, 0.6) is 0 Å². The number of thiazole rings is 1. The summed E-state index contributed by atoms with van der Waals surface area (Å²) in [5.41, 5.74) is 2.54. The van der Waals surface area contributed by atoms with Crippen molar-refractivity contribution in [3.05, 3.63) is 99.2 Å². The van der Waals surface area contributed by atoms with E-state index in [0.717, 1.165) is 21.5 Å². The first kappa shape index (κ1) is 20.1. The van der Waals surface area contributed by atoms with Crippen LogP contribution in [0.15, 0.2) is 71.8 Å². The van der Waals surface area contributed by atoms with E-state index in [9.17, 15) is 9.59 Å². The number of para-hydroxylation sites is 2. The van der Waals surface area contributed by atoms with Crippen molar-refractivity contribution in [2.75, 3.05) is 0 Å². The van der Waals surface area contributed by atoms with Crippen LogP contribution in [0.3, 0.4) is 0 Å². The molecule has 0 fully saturated rings. The highest BCUT2D eigenvalue weighted by Crippen LogP contribution is 2.20. The molecule has 0 aliphatic heterocycles. The summed E-state index contributed by atoms with van der Waals surface area (Å²) < 4.78 is 1.46. The molecule has 0 saturated carbocycles. The Balaban J connectivity index is 1.41.